The monoisotopic (exact) mass is 335 g/mol. The van der Waals surface area contributed by atoms with Crippen molar-refractivity contribution in [2.75, 3.05) is 26.2 Å². The first-order valence-corrected chi connectivity index (χ1v) is 8.28. The summed E-state index contributed by atoms with van der Waals surface area (Å²) in [6.45, 7) is 3.25. The highest BCUT2D eigenvalue weighted by Crippen LogP contribution is 2.10. The molecule has 0 bridgehead atoms. The van der Waals surface area contributed by atoms with Crippen molar-refractivity contribution in [1.82, 2.24) is 24.8 Å². The van der Waals surface area contributed by atoms with Gasteiger partial charge < -0.3 is 9.88 Å². The lowest BCUT2D eigenvalue weighted by Crippen LogP contribution is -2.35. The van der Waals surface area contributed by atoms with Crippen LogP contribution in [0.4, 0.5) is 0 Å². The number of rotatable bonds is 3. The highest BCUT2D eigenvalue weighted by molar-refractivity contribution is 7.07. The summed E-state index contributed by atoms with van der Waals surface area (Å²) in [7, 11) is 0. The van der Waals surface area contributed by atoms with Crippen LogP contribution in [0.15, 0.2) is 26.5 Å². The van der Waals surface area contributed by atoms with Crippen LogP contribution < -0.4 is 11.2 Å². The molecule has 1 fully saturated rings. The number of nitrogens with zero attached hydrogens (tertiary/aromatic N) is 3. The van der Waals surface area contributed by atoms with Gasteiger partial charge in [0.15, 0.2) is 0 Å². The smallest absolute Gasteiger partial charge is 0.325 e. The number of hydrogen-bond donors (Lipinski definition) is 2. The Morgan fingerprint density at radius 1 is 1.22 bits per heavy atom. The third kappa shape index (κ3) is 3.93. The van der Waals surface area contributed by atoms with E-state index >= 15 is 0 Å². The summed E-state index contributed by atoms with van der Waals surface area (Å²) in [5.41, 5.74) is 1.82. The average Bonchev–Trinajstić information content (AvgIpc) is 2.93. The number of hydrogen-bond acceptors (Lipinski definition) is 6. The molecule has 3 heterocycles. The number of thiazole rings is 1. The minimum atomic E-state index is -0.498. The van der Waals surface area contributed by atoms with E-state index in [2.05, 4.69) is 19.9 Å². The summed E-state index contributed by atoms with van der Waals surface area (Å²) < 4.78 is 0. The van der Waals surface area contributed by atoms with Crippen LogP contribution in [0.1, 0.15) is 22.6 Å². The zero-order valence-corrected chi connectivity index (χ0v) is 13.3. The highest BCUT2D eigenvalue weighted by Gasteiger charge is 2.21. The van der Waals surface area contributed by atoms with Crippen molar-refractivity contribution in [3.8, 4) is 0 Å². The van der Waals surface area contributed by atoms with Gasteiger partial charge in [0.05, 0.1) is 5.51 Å². The topological polar surface area (TPSA) is 102 Å². The number of amides is 1. The molecular weight excluding hydrogens is 318 g/mol. The van der Waals surface area contributed by atoms with Gasteiger partial charge in [-0.25, -0.2) is 9.78 Å². The third-order valence-corrected chi connectivity index (χ3v) is 4.32. The van der Waals surface area contributed by atoms with Crippen LogP contribution in [0.5, 0.6) is 0 Å². The molecule has 0 saturated carbocycles. The Labute approximate surface area is 135 Å². The van der Waals surface area contributed by atoms with Gasteiger partial charge in [-0.3, -0.25) is 19.5 Å². The van der Waals surface area contributed by atoms with Gasteiger partial charge >= 0.3 is 5.69 Å². The molecule has 23 heavy (non-hydrogen) atoms. The summed E-state index contributed by atoms with van der Waals surface area (Å²) in [5, 5.41) is 1.76. The summed E-state index contributed by atoms with van der Waals surface area (Å²) in [5.74, 6) is -0.0438. The Kier molecular flexibility index (Phi) is 4.68. The number of carbonyl (C=O) groups excluding carboxylic acids is 1. The molecule has 122 valence electrons. The zero-order chi connectivity index (χ0) is 16.2. The molecule has 0 unspecified atom stereocenters. The first kappa shape index (κ1) is 15.6. The Morgan fingerprint density at radius 3 is 2.83 bits per heavy atom. The minimum absolute atomic E-state index is 0.0438. The van der Waals surface area contributed by atoms with Gasteiger partial charge in [-0.2, -0.15) is 0 Å². The van der Waals surface area contributed by atoms with Crippen LogP contribution in [0.25, 0.3) is 0 Å². The van der Waals surface area contributed by atoms with E-state index in [1.165, 1.54) is 17.4 Å². The Hall–Kier alpha value is -2.26. The normalized spacial score (nSPS) is 16.3. The molecule has 8 nitrogen and oxygen atoms in total. The number of aromatic nitrogens is 3. The van der Waals surface area contributed by atoms with E-state index in [0.717, 1.165) is 13.0 Å². The third-order valence-electron chi connectivity index (χ3n) is 3.74. The van der Waals surface area contributed by atoms with Crippen molar-refractivity contribution in [3.63, 3.8) is 0 Å². The van der Waals surface area contributed by atoms with E-state index in [0.29, 0.717) is 37.6 Å². The van der Waals surface area contributed by atoms with Crippen LogP contribution in [0, 0.1) is 0 Å². The van der Waals surface area contributed by atoms with E-state index in [9.17, 15) is 14.4 Å². The average molecular weight is 335 g/mol. The van der Waals surface area contributed by atoms with Gasteiger partial charge in [0.1, 0.15) is 5.69 Å². The molecule has 3 rings (SSSR count). The standard InChI is InChI=1S/C14H17N5O3S/c20-12-6-10(16-14(22)17-12)7-18-2-1-3-19(5-4-18)13(21)11-8-23-9-15-11/h6,8-9H,1-5,7H2,(H2,16,17,20,22). The van der Waals surface area contributed by atoms with E-state index in [4.69, 9.17) is 0 Å². The molecule has 2 aromatic heterocycles. The second-order valence-corrected chi connectivity index (χ2v) is 6.13. The fourth-order valence-corrected chi connectivity index (χ4v) is 3.18. The van der Waals surface area contributed by atoms with Crippen molar-refractivity contribution >= 4 is 17.2 Å². The molecular formula is C14H17N5O3S. The molecule has 1 saturated heterocycles. The van der Waals surface area contributed by atoms with Crippen LogP contribution in [0.2, 0.25) is 0 Å². The lowest BCUT2D eigenvalue weighted by Gasteiger charge is -2.21. The van der Waals surface area contributed by atoms with Crippen LogP contribution >= 0.6 is 11.3 Å². The predicted molar refractivity (Wildman–Crippen MR) is 85.6 cm³/mol. The fraction of sp³-hybridized carbons (Fsp3) is 0.429. The quantitative estimate of drug-likeness (QED) is 0.813. The first-order valence-electron chi connectivity index (χ1n) is 7.34. The van der Waals surface area contributed by atoms with Crippen LogP contribution in [-0.4, -0.2) is 56.8 Å². The van der Waals surface area contributed by atoms with Gasteiger partial charge in [-0.05, 0) is 6.42 Å². The summed E-state index contributed by atoms with van der Waals surface area (Å²) in [4.78, 5) is 47.7. The van der Waals surface area contributed by atoms with Crippen LogP contribution in [-0.2, 0) is 6.54 Å². The van der Waals surface area contributed by atoms with E-state index in [-0.39, 0.29) is 5.91 Å². The summed E-state index contributed by atoms with van der Waals surface area (Å²) in [6, 6.07) is 1.39. The Balaban J connectivity index is 1.63. The van der Waals surface area contributed by atoms with Crippen molar-refractivity contribution in [3.05, 3.63) is 49.2 Å². The van der Waals surface area contributed by atoms with Crippen LogP contribution in [0.3, 0.4) is 0 Å². The maximum Gasteiger partial charge on any atom is 0.325 e. The maximum absolute atomic E-state index is 12.3. The molecule has 1 aliphatic heterocycles. The highest BCUT2D eigenvalue weighted by atomic mass is 32.1. The second-order valence-electron chi connectivity index (χ2n) is 5.41. The van der Waals surface area contributed by atoms with Crippen molar-refractivity contribution < 1.29 is 4.79 Å². The van der Waals surface area contributed by atoms with E-state index < -0.39 is 11.2 Å². The molecule has 0 aromatic carbocycles. The summed E-state index contributed by atoms with van der Waals surface area (Å²) in [6.07, 6.45) is 0.837. The number of nitrogens with one attached hydrogen (secondary N) is 2. The minimum Gasteiger partial charge on any atom is -0.336 e. The molecule has 0 radical (unpaired) electrons. The molecule has 2 N–H and O–H groups in total. The molecule has 0 aliphatic carbocycles. The molecule has 9 heteroatoms. The second kappa shape index (κ2) is 6.88. The number of H-pyrrole nitrogens is 2. The Morgan fingerprint density at radius 2 is 2.09 bits per heavy atom. The van der Waals surface area contributed by atoms with E-state index in [1.54, 1.807) is 15.8 Å². The van der Waals surface area contributed by atoms with Gasteiger partial charge in [-0.15, -0.1) is 11.3 Å². The lowest BCUT2D eigenvalue weighted by molar-refractivity contribution is 0.0756. The lowest BCUT2D eigenvalue weighted by atomic mass is 10.3. The first-order chi connectivity index (χ1) is 11.1. The van der Waals surface area contributed by atoms with Crippen molar-refractivity contribution in [2.45, 2.75) is 13.0 Å². The molecule has 1 aliphatic rings. The predicted octanol–water partition coefficient (Wildman–Crippen LogP) is -0.132. The number of carbonyl (C=O) groups is 1. The number of aromatic amines is 2. The molecule has 1 amide bonds. The Bertz CT molecular complexity index is 754. The molecule has 0 atom stereocenters. The van der Waals surface area contributed by atoms with Gasteiger partial charge in [0.2, 0.25) is 0 Å². The maximum atomic E-state index is 12.3. The zero-order valence-electron chi connectivity index (χ0n) is 12.4. The SMILES string of the molecule is O=C(c1cscn1)N1CCCN(Cc2cc(=O)[nH]c(=O)[nH]2)CC1. The summed E-state index contributed by atoms with van der Waals surface area (Å²) >= 11 is 1.41. The van der Waals surface area contributed by atoms with Gasteiger partial charge in [-0.1, -0.05) is 0 Å². The van der Waals surface area contributed by atoms with Gasteiger partial charge in [0, 0.05) is 49.9 Å². The molecule has 0 spiro atoms. The largest absolute Gasteiger partial charge is 0.336 e. The van der Waals surface area contributed by atoms with Crippen molar-refractivity contribution in [1.29, 1.82) is 0 Å². The van der Waals surface area contributed by atoms with Gasteiger partial charge in [0.25, 0.3) is 11.5 Å². The van der Waals surface area contributed by atoms with Crippen molar-refractivity contribution in [2.24, 2.45) is 0 Å². The molecule has 2 aromatic rings. The van der Waals surface area contributed by atoms with E-state index in [1.807, 2.05) is 0 Å². The fourth-order valence-electron chi connectivity index (χ4n) is 2.66.